The first-order valence-corrected chi connectivity index (χ1v) is 11.5. The van der Waals surface area contributed by atoms with E-state index in [0.29, 0.717) is 27.8 Å². The number of para-hydroxylation sites is 1. The summed E-state index contributed by atoms with van der Waals surface area (Å²) in [6.45, 7) is 8.00. The van der Waals surface area contributed by atoms with Crippen molar-refractivity contribution in [2.24, 2.45) is 0 Å². The van der Waals surface area contributed by atoms with Crippen molar-refractivity contribution < 1.29 is 11.3 Å². The molecule has 2 aromatic carbocycles. The molecule has 5 rings (SSSR count). The van der Waals surface area contributed by atoms with Gasteiger partial charge in [0.1, 0.15) is 5.58 Å². The molecule has 0 aliphatic heterocycles. The van der Waals surface area contributed by atoms with E-state index in [1.165, 1.54) is 11.6 Å². The van der Waals surface area contributed by atoms with Crippen LogP contribution in [0.3, 0.4) is 0 Å². The van der Waals surface area contributed by atoms with E-state index in [2.05, 4.69) is 42.9 Å². The highest BCUT2D eigenvalue weighted by molar-refractivity contribution is 6.08. The van der Waals surface area contributed by atoms with Crippen molar-refractivity contribution in [1.29, 1.82) is 0 Å². The standard InChI is InChI=1S/C31H32N2O/c1-20-10-15-25-24-8-7-9-26(28(24)34-29(25)33-20)27-18-21(16-17-32-27)19-31(5,6)23-13-11-22(12-14-23)30(2,3)4/h7-18H,19H2,1-6H3/i1D3,19D2. The Kier molecular flexibility index (Phi) is 4.06. The van der Waals surface area contributed by atoms with Crippen molar-refractivity contribution in [3.63, 3.8) is 0 Å². The summed E-state index contributed by atoms with van der Waals surface area (Å²) < 4.78 is 47.6. The SMILES string of the molecule is [2H]C([2H])([2H])c1ccc2c(n1)oc1c(-c3cc(C([2H])([2H])C(C)(C)c4ccc(C(C)(C)C)cc4)ccn3)cccc12. The smallest absolute Gasteiger partial charge is 0.227 e. The Morgan fingerprint density at radius 1 is 0.882 bits per heavy atom. The fourth-order valence-corrected chi connectivity index (χ4v) is 4.36. The second kappa shape index (κ2) is 8.09. The average Bonchev–Trinajstić information content (AvgIpc) is 3.26. The molecule has 0 saturated carbocycles. The lowest BCUT2D eigenvalue weighted by atomic mass is 9.77. The van der Waals surface area contributed by atoms with E-state index in [4.69, 9.17) is 8.53 Å². The van der Waals surface area contributed by atoms with E-state index in [0.717, 1.165) is 10.9 Å². The molecule has 0 aliphatic rings. The largest absolute Gasteiger partial charge is 0.437 e. The topological polar surface area (TPSA) is 38.9 Å². The maximum absolute atomic E-state index is 9.23. The van der Waals surface area contributed by atoms with Crippen molar-refractivity contribution in [2.75, 3.05) is 0 Å². The monoisotopic (exact) mass is 453 g/mol. The van der Waals surface area contributed by atoms with Gasteiger partial charge in [0.05, 0.1) is 5.69 Å². The average molecular weight is 454 g/mol. The number of aryl methyl sites for hydroxylation is 1. The van der Waals surface area contributed by atoms with Crippen LogP contribution >= 0.6 is 0 Å². The zero-order valence-electron chi connectivity index (χ0n) is 25.2. The third-order valence-electron chi connectivity index (χ3n) is 6.33. The lowest BCUT2D eigenvalue weighted by Crippen LogP contribution is -2.21. The van der Waals surface area contributed by atoms with Crippen LogP contribution in [-0.4, -0.2) is 9.97 Å². The first-order valence-electron chi connectivity index (χ1n) is 14.0. The van der Waals surface area contributed by atoms with Crippen LogP contribution in [0.2, 0.25) is 0 Å². The predicted octanol–water partition coefficient (Wildman–Crippen LogP) is 8.17. The van der Waals surface area contributed by atoms with Crippen LogP contribution in [-0.2, 0) is 17.2 Å². The highest BCUT2D eigenvalue weighted by Gasteiger charge is 2.23. The molecule has 0 bridgehead atoms. The number of furan rings is 1. The zero-order valence-corrected chi connectivity index (χ0v) is 20.2. The van der Waals surface area contributed by atoms with Crippen LogP contribution in [0.5, 0.6) is 0 Å². The second-order valence-electron chi connectivity index (χ2n) is 10.3. The van der Waals surface area contributed by atoms with Crippen LogP contribution in [0.1, 0.15) is 63.9 Å². The van der Waals surface area contributed by atoms with Crippen LogP contribution < -0.4 is 0 Å². The molecule has 0 saturated heterocycles. The van der Waals surface area contributed by atoms with Gasteiger partial charge in [-0.25, -0.2) is 4.98 Å². The van der Waals surface area contributed by atoms with Gasteiger partial charge in [-0.2, -0.15) is 0 Å². The molecule has 0 unspecified atom stereocenters. The van der Waals surface area contributed by atoms with Crippen molar-refractivity contribution >= 4 is 22.1 Å². The van der Waals surface area contributed by atoms with Crippen LogP contribution in [0.25, 0.3) is 33.3 Å². The predicted molar refractivity (Wildman–Crippen MR) is 141 cm³/mol. The summed E-state index contributed by atoms with van der Waals surface area (Å²) in [5, 5.41) is 1.51. The molecule has 3 heterocycles. The fourth-order valence-electron chi connectivity index (χ4n) is 4.36. The highest BCUT2D eigenvalue weighted by Crippen LogP contribution is 2.36. The van der Waals surface area contributed by atoms with Gasteiger partial charge in [0.25, 0.3) is 0 Å². The third-order valence-corrected chi connectivity index (χ3v) is 6.33. The van der Waals surface area contributed by atoms with E-state index in [1.54, 1.807) is 24.4 Å². The van der Waals surface area contributed by atoms with Crippen LogP contribution in [0.15, 0.2) is 77.3 Å². The summed E-state index contributed by atoms with van der Waals surface area (Å²) in [7, 11) is 0. The number of benzene rings is 2. The van der Waals surface area contributed by atoms with Gasteiger partial charge in [0, 0.05) is 35.1 Å². The number of nitrogens with zero attached hydrogens (tertiary/aromatic N) is 2. The number of fused-ring (bicyclic) bond motifs is 3. The van der Waals surface area contributed by atoms with E-state index >= 15 is 0 Å². The van der Waals surface area contributed by atoms with Gasteiger partial charge in [-0.05, 0) is 71.1 Å². The van der Waals surface area contributed by atoms with E-state index < -0.39 is 18.6 Å². The van der Waals surface area contributed by atoms with Crippen LogP contribution in [0, 0.1) is 6.85 Å². The molecule has 3 aromatic heterocycles. The Balaban J connectivity index is 1.58. The summed E-state index contributed by atoms with van der Waals surface area (Å²) in [5.41, 5.74) is 3.81. The Bertz CT molecular complexity index is 1680. The van der Waals surface area contributed by atoms with Gasteiger partial charge in [0.15, 0.2) is 0 Å². The molecular weight excluding hydrogens is 416 g/mol. The molecule has 0 atom stereocenters. The van der Waals surface area contributed by atoms with Crippen molar-refractivity contribution in [3.8, 4) is 11.3 Å². The van der Waals surface area contributed by atoms with Gasteiger partial charge in [-0.3, -0.25) is 4.98 Å². The maximum Gasteiger partial charge on any atom is 0.227 e. The van der Waals surface area contributed by atoms with Crippen molar-refractivity contribution in [3.05, 3.63) is 95.3 Å². The number of pyridine rings is 2. The third kappa shape index (κ3) is 4.11. The lowest BCUT2D eigenvalue weighted by molar-refractivity contribution is 0.520. The van der Waals surface area contributed by atoms with Gasteiger partial charge < -0.3 is 4.42 Å². The molecule has 0 amide bonds. The Morgan fingerprint density at radius 3 is 2.38 bits per heavy atom. The highest BCUT2D eigenvalue weighted by atomic mass is 16.3. The number of aromatic nitrogens is 2. The minimum absolute atomic E-state index is 0.0171. The summed E-state index contributed by atoms with van der Waals surface area (Å²) in [4.78, 5) is 8.81. The Hall–Kier alpha value is -3.46. The van der Waals surface area contributed by atoms with Gasteiger partial charge in [-0.15, -0.1) is 0 Å². The number of rotatable bonds is 4. The Morgan fingerprint density at radius 2 is 1.65 bits per heavy atom. The summed E-state index contributed by atoms with van der Waals surface area (Å²) in [6.07, 6.45) is -0.0976. The van der Waals surface area contributed by atoms with E-state index in [9.17, 15) is 2.74 Å². The maximum atomic E-state index is 9.23. The van der Waals surface area contributed by atoms with Crippen LogP contribution in [0.4, 0.5) is 0 Å². The first-order chi connectivity index (χ1) is 18.1. The normalized spacial score (nSPS) is 15.5. The Labute approximate surface area is 208 Å². The molecule has 3 heteroatoms. The zero-order chi connectivity index (χ0) is 28.4. The van der Waals surface area contributed by atoms with Gasteiger partial charge in [-0.1, -0.05) is 71.0 Å². The fraction of sp³-hybridized carbons (Fsp3) is 0.290. The summed E-state index contributed by atoms with van der Waals surface area (Å²) >= 11 is 0. The van der Waals surface area contributed by atoms with Crippen molar-refractivity contribution in [2.45, 2.75) is 58.7 Å². The molecule has 0 spiro atoms. The van der Waals surface area contributed by atoms with Crippen molar-refractivity contribution in [1.82, 2.24) is 9.97 Å². The van der Waals surface area contributed by atoms with E-state index in [1.807, 2.05) is 44.2 Å². The number of hydrogen-bond donors (Lipinski definition) is 0. The minimum Gasteiger partial charge on any atom is -0.437 e. The molecule has 0 radical (unpaired) electrons. The number of hydrogen-bond acceptors (Lipinski definition) is 3. The molecule has 5 aromatic rings. The molecule has 0 N–H and O–H groups in total. The molecule has 172 valence electrons. The summed E-state index contributed by atoms with van der Waals surface area (Å²) in [5.74, 6) is 0. The van der Waals surface area contributed by atoms with Gasteiger partial charge in [0.2, 0.25) is 5.71 Å². The quantitative estimate of drug-likeness (QED) is 0.275. The minimum atomic E-state index is -2.34. The molecule has 34 heavy (non-hydrogen) atoms. The van der Waals surface area contributed by atoms with E-state index in [-0.39, 0.29) is 16.8 Å². The van der Waals surface area contributed by atoms with Gasteiger partial charge >= 0.3 is 0 Å². The molecule has 0 fully saturated rings. The lowest BCUT2D eigenvalue weighted by Gasteiger charge is -2.27. The molecule has 3 nitrogen and oxygen atoms in total. The summed E-state index contributed by atoms with van der Waals surface area (Å²) in [6, 6.07) is 20.6. The first kappa shape index (κ1) is 17.0. The molecule has 0 aliphatic carbocycles. The second-order valence-corrected chi connectivity index (χ2v) is 10.3. The molecular formula is C31H32N2O.